The fourth-order valence-electron chi connectivity index (χ4n) is 2.22. The second-order valence-electron chi connectivity index (χ2n) is 5.76. The molecule has 0 radical (unpaired) electrons. The minimum absolute atomic E-state index is 0.0262. The predicted molar refractivity (Wildman–Crippen MR) is 99.5 cm³/mol. The lowest BCUT2D eigenvalue weighted by molar-refractivity contribution is 0.0693. The van der Waals surface area contributed by atoms with Crippen LogP contribution in [0.2, 0.25) is 0 Å². The number of carboxylic acid groups (broad SMARTS) is 1. The molecule has 0 amide bonds. The van der Waals surface area contributed by atoms with E-state index in [4.69, 9.17) is 9.63 Å². The summed E-state index contributed by atoms with van der Waals surface area (Å²) in [7, 11) is -3.82. The number of rotatable bonds is 4. The van der Waals surface area contributed by atoms with E-state index in [2.05, 4.69) is 21.7 Å². The summed E-state index contributed by atoms with van der Waals surface area (Å²) in [6, 6.07) is 9.82. The molecule has 2 aromatic carbocycles. The van der Waals surface area contributed by atoms with E-state index in [9.17, 15) is 18.3 Å². The first-order chi connectivity index (χ1) is 13.3. The van der Waals surface area contributed by atoms with Crippen molar-refractivity contribution in [2.75, 3.05) is 4.72 Å². The van der Waals surface area contributed by atoms with Crippen LogP contribution < -0.4 is 4.72 Å². The normalized spacial score (nSPS) is 10.8. The fourth-order valence-corrected chi connectivity index (χ4v) is 3.28. The molecular weight excluding hydrogens is 384 g/mol. The molecule has 142 valence electrons. The van der Waals surface area contributed by atoms with Gasteiger partial charge >= 0.3 is 5.97 Å². The van der Waals surface area contributed by atoms with E-state index in [1.165, 1.54) is 48.7 Å². The highest BCUT2D eigenvalue weighted by molar-refractivity contribution is 7.92. The zero-order valence-corrected chi connectivity index (χ0v) is 15.3. The summed E-state index contributed by atoms with van der Waals surface area (Å²) in [5, 5.41) is 22.1. The van der Waals surface area contributed by atoms with E-state index in [0.29, 0.717) is 16.7 Å². The number of carboxylic acids is 1. The average Bonchev–Trinajstić information content (AvgIpc) is 3.05. The zero-order valence-electron chi connectivity index (χ0n) is 14.5. The first kappa shape index (κ1) is 19.0. The maximum atomic E-state index is 12.4. The van der Waals surface area contributed by atoms with Gasteiger partial charge in [0.05, 0.1) is 4.90 Å². The molecule has 3 N–H and O–H groups in total. The number of hydrogen-bond donors (Lipinski definition) is 3. The van der Waals surface area contributed by atoms with Crippen molar-refractivity contribution in [1.29, 1.82) is 0 Å². The summed E-state index contributed by atoms with van der Waals surface area (Å²) in [6.07, 6.45) is 1.33. The van der Waals surface area contributed by atoms with Gasteiger partial charge in [-0.15, -0.1) is 0 Å². The number of anilines is 1. The summed E-state index contributed by atoms with van der Waals surface area (Å²) in [5.41, 5.74) is 1.24. The van der Waals surface area contributed by atoms with Crippen molar-refractivity contribution < 1.29 is 27.9 Å². The number of benzene rings is 2. The van der Waals surface area contributed by atoms with Crippen LogP contribution in [0.4, 0.5) is 5.82 Å². The van der Waals surface area contributed by atoms with Crippen molar-refractivity contribution in [3.8, 4) is 17.6 Å². The molecule has 3 rings (SSSR count). The molecule has 0 aliphatic heterocycles. The van der Waals surface area contributed by atoms with Crippen LogP contribution in [-0.4, -0.2) is 29.8 Å². The number of phenols is 1. The first-order valence-corrected chi connectivity index (χ1v) is 9.37. The lowest BCUT2D eigenvalue weighted by Gasteiger charge is -2.05. The minimum atomic E-state index is -3.82. The summed E-state index contributed by atoms with van der Waals surface area (Å²) < 4.78 is 31.8. The zero-order chi connectivity index (χ0) is 20.3. The molecule has 28 heavy (non-hydrogen) atoms. The highest BCUT2D eigenvalue weighted by atomic mass is 32.2. The van der Waals surface area contributed by atoms with Crippen LogP contribution in [0.5, 0.6) is 5.75 Å². The Balaban J connectivity index is 1.81. The van der Waals surface area contributed by atoms with Crippen molar-refractivity contribution in [2.24, 2.45) is 0 Å². The van der Waals surface area contributed by atoms with Gasteiger partial charge in [0, 0.05) is 16.7 Å². The monoisotopic (exact) mass is 398 g/mol. The summed E-state index contributed by atoms with van der Waals surface area (Å²) in [6.45, 7) is 1.66. The van der Waals surface area contributed by atoms with Crippen molar-refractivity contribution >= 4 is 21.8 Å². The topological polar surface area (TPSA) is 130 Å². The lowest BCUT2D eigenvalue weighted by atomic mass is 10.1. The highest BCUT2D eigenvalue weighted by Crippen LogP contribution is 2.19. The van der Waals surface area contributed by atoms with Crippen molar-refractivity contribution in [3.63, 3.8) is 0 Å². The van der Waals surface area contributed by atoms with E-state index in [0.717, 1.165) is 0 Å². The van der Waals surface area contributed by atoms with Gasteiger partial charge in [-0.2, -0.15) is 0 Å². The van der Waals surface area contributed by atoms with E-state index in [1.54, 1.807) is 6.92 Å². The Morgan fingerprint density at radius 2 is 1.75 bits per heavy atom. The van der Waals surface area contributed by atoms with E-state index in [1.807, 2.05) is 0 Å². The SMILES string of the molecule is Cc1conc1NS(=O)(=O)c1ccc(C#Cc2ccc(O)c(C(=O)O)c2)cc1. The molecular formula is C19H14N2O6S. The number of aromatic nitrogens is 1. The molecule has 0 unspecified atom stereocenters. The van der Waals surface area contributed by atoms with Gasteiger partial charge in [0.15, 0.2) is 5.82 Å². The van der Waals surface area contributed by atoms with E-state index in [-0.39, 0.29) is 22.0 Å². The molecule has 0 saturated heterocycles. The third-order valence-electron chi connectivity index (χ3n) is 3.72. The quantitative estimate of drug-likeness (QED) is 0.576. The Bertz CT molecular complexity index is 1200. The highest BCUT2D eigenvalue weighted by Gasteiger charge is 2.17. The molecule has 0 atom stereocenters. The second kappa shape index (κ2) is 7.46. The average molecular weight is 398 g/mol. The van der Waals surface area contributed by atoms with Crippen LogP contribution in [0.3, 0.4) is 0 Å². The van der Waals surface area contributed by atoms with E-state index >= 15 is 0 Å². The second-order valence-corrected chi connectivity index (χ2v) is 7.45. The Morgan fingerprint density at radius 1 is 1.11 bits per heavy atom. The minimum Gasteiger partial charge on any atom is -0.507 e. The van der Waals surface area contributed by atoms with Crippen LogP contribution in [0.1, 0.15) is 27.0 Å². The smallest absolute Gasteiger partial charge is 0.339 e. The van der Waals surface area contributed by atoms with Crippen LogP contribution in [-0.2, 0) is 10.0 Å². The number of carbonyl (C=O) groups is 1. The van der Waals surface area contributed by atoms with E-state index < -0.39 is 16.0 Å². The summed E-state index contributed by atoms with van der Waals surface area (Å²) >= 11 is 0. The molecule has 0 spiro atoms. The molecule has 0 saturated carbocycles. The molecule has 0 bridgehead atoms. The van der Waals surface area contributed by atoms with Gasteiger partial charge in [0.1, 0.15) is 17.6 Å². The number of aromatic hydroxyl groups is 1. The van der Waals surface area contributed by atoms with Crippen molar-refractivity contribution in [2.45, 2.75) is 11.8 Å². The number of aryl methyl sites for hydroxylation is 1. The van der Waals surface area contributed by atoms with Crippen LogP contribution in [0.15, 0.2) is 58.1 Å². The van der Waals surface area contributed by atoms with Crippen LogP contribution in [0.25, 0.3) is 0 Å². The third kappa shape index (κ3) is 4.13. The molecule has 9 heteroatoms. The summed E-state index contributed by atoms with van der Waals surface area (Å²) in [4.78, 5) is 11.1. The molecule has 1 heterocycles. The molecule has 0 fully saturated rings. The standard InChI is InChI=1S/C19H14N2O6S/c1-12-11-27-20-18(12)21-28(25,26)15-7-4-13(5-8-15)2-3-14-6-9-17(22)16(10-14)19(23)24/h4-11,22H,1H3,(H,20,21)(H,23,24). The number of nitrogens with one attached hydrogen (secondary N) is 1. The number of aromatic carboxylic acids is 1. The van der Waals surface area contributed by atoms with Crippen molar-refractivity contribution in [3.05, 3.63) is 71.0 Å². The third-order valence-corrected chi connectivity index (χ3v) is 5.08. The first-order valence-electron chi connectivity index (χ1n) is 7.88. The van der Waals surface area contributed by atoms with Crippen LogP contribution >= 0.6 is 0 Å². The maximum absolute atomic E-state index is 12.4. The van der Waals surface area contributed by atoms with Gasteiger partial charge in [-0.1, -0.05) is 17.0 Å². The molecule has 8 nitrogen and oxygen atoms in total. The Labute approximate surface area is 160 Å². The van der Waals surface area contributed by atoms with Gasteiger partial charge < -0.3 is 14.7 Å². The van der Waals surface area contributed by atoms with Crippen molar-refractivity contribution in [1.82, 2.24) is 5.16 Å². The Kier molecular flexibility index (Phi) is 5.06. The molecule has 1 aromatic heterocycles. The van der Waals surface area contributed by atoms with Crippen LogP contribution in [0, 0.1) is 18.8 Å². The molecule has 0 aliphatic rings. The lowest BCUT2D eigenvalue weighted by Crippen LogP contribution is -2.13. The maximum Gasteiger partial charge on any atom is 0.339 e. The van der Waals surface area contributed by atoms with Gasteiger partial charge in [-0.3, -0.25) is 4.72 Å². The number of sulfonamides is 1. The van der Waals surface area contributed by atoms with Gasteiger partial charge in [0.25, 0.3) is 10.0 Å². The Morgan fingerprint density at radius 3 is 2.36 bits per heavy atom. The van der Waals surface area contributed by atoms with Gasteiger partial charge in [0.2, 0.25) is 0 Å². The molecule has 0 aliphatic carbocycles. The number of hydrogen-bond acceptors (Lipinski definition) is 6. The summed E-state index contributed by atoms with van der Waals surface area (Å²) in [5.74, 6) is 4.10. The molecule has 3 aromatic rings. The largest absolute Gasteiger partial charge is 0.507 e. The van der Waals surface area contributed by atoms with Gasteiger partial charge in [-0.05, 0) is 49.4 Å². The Hall–Kier alpha value is -3.77. The predicted octanol–water partition coefficient (Wildman–Crippen LogP) is 2.59. The number of nitrogens with zero attached hydrogens (tertiary/aromatic N) is 1. The fraction of sp³-hybridized carbons (Fsp3) is 0.0526. The van der Waals surface area contributed by atoms with Gasteiger partial charge in [-0.25, -0.2) is 13.2 Å².